The number of nitrogens with one attached hydrogen (secondary N) is 3. The lowest BCUT2D eigenvalue weighted by molar-refractivity contribution is 0.415. The van der Waals surface area contributed by atoms with E-state index in [2.05, 4.69) is 61.0 Å². The molecule has 0 atom stereocenters. The van der Waals surface area contributed by atoms with Crippen molar-refractivity contribution in [2.45, 2.75) is 26.9 Å². The van der Waals surface area contributed by atoms with Crippen molar-refractivity contribution in [3.8, 4) is 22.8 Å². The van der Waals surface area contributed by atoms with Crippen LogP contribution in [0.2, 0.25) is 0 Å². The summed E-state index contributed by atoms with van der Waals surface area (Å²) in [5, 5.41) is 18.5. The zero-order chi connectivity index (χ0) is 23.2. The fourth-order valence-electron chi connectivity index (χ4n) is 3.55. The largest absolute Gasteiger partial charge is 0.497 e. The number of guanidine groups is 1. The number of nitrogens with zero attached hydrogens (tertiary/aromatic N) is 5. The maximum absolute atomic E-state index is 5.20. The molecule has 2 aromatic carbocycles. The van der Waals surface area contributed by atoms with E-state index in [0.29, 0.717) is 30.7 Å². The third-order valence-electron chi connectivity index (χ3n) is 5.20. The van der Waals surface area contributed by atoms with Crippen molar-refractivity contribution >= 4 is 5.96 Å². The highest BCUT2D eigenvalue weighted by atomic mass is 16.5. The van der Waals surface area contributed by atoms with Crippen molar-refractivity contribution in [2.24, 2.45) is 4.99 Å². The number of aryl methyl sites for hydroxylation is 2. The molecule has 0 saturated heterocycles. The maximum Gasteiger partial charge on any atom is 0.191 e. The number of aliphatic imine (C=N–C) groups is 1. The van der Waals surface area contributed by atoms with Crippen LogP contribution in [0.1, 0.15) is 22.8 Å². The molecule has 0 fully saturated rings. The van der Waals surface area contributed by atoms with Crippen LogP contribution >= 0.6 is 0 Å². The summed E-state index contributed by atoms with van der Waals surface area (Å²) >= 11 is 0. The van der Waals surface area contributed by atoms with Crippen LogP contribution in [-0.2, 0) is 13.1 Å². The topological polar surface area (TPSA) is 105 Å². The normalized spacial score (nSPS) is 11.5. The summed E-state index contributed by atoms with van der Waals surface area (Å²) in [5.41, 5.74) is 5.18. The molecule has 9 nitrogen and oxygen atoms in total. The Balaban J connectivity index is 1.38. The van der Waals surface area contributed by atoms with E-state index in [-0.39, 0.29) is 0 Å². The number of para-hydroxylation sites is 1. The first-order valence-electron chi connectivity index (χ1n) is 10.7. The van der Waals surface area contributed by atoms with Crippen LogP contribution in [0.4, 0.5) is 0 Å². The van der Waals surface area contributed by atoms with Crippen molar-refractivity contribution in [2.75, 3.05) is 14.2 Å². The predicted octanol–water partition coefficient (Wildman–Crippen LogP) is 3.15. The van der Waals surface area contributed by atoms with Gasteiger partial charge in [-0.25, -0.2) is 9.67 Å². The van der Waals surface area contributed by atoms with Crippen LogP contribution in [0, 0.1) is 13.8 Å². The molecule has 0 aliphatic heterocycles. The third-order valence-corrected chi connectivity index (χ3v) is 5.20. The Labute approximate surface area is 192 Å². The lowest BCUT2D eigenvalue weighted by Crippen LogP contribution is -2.36. The van der Waals surface area contributed by atoms with Crippen molar-refractivity contribution in [3.63, 3.8) is 0 Å². The molecule has 4 rings (SSSR count). The van der Waals surface area contributed by atoms with Crippen molar-refractivity contribution in [1.29, 1.82) is 0 Å². The molecule has 4 aromatic rings. The molecule has 0 bridgehead atoms. The van der Waals surface area contributed by atoms with Gasteiger partial charge in [-0.15, -0.1) is 0 Å². The highest BCUT2D eigenvalue weighted by Gasteiger charge is 2.10. The van der Waals surface area contributed by atoms with E-state index >= 15 is 0 Å². The van der Waals surface area contributed by atoms with Crippen molar-refractivity contribution in [1.82, 2.24) is 35.6 Å². The second kappa shape index (κ2) is 9.99. The first-order chi connectivity index (χ1) is 16.1. The maximum atomic E-state index is 5.20. The smallest absolute Gasteiger partial charge is 0.191 e. The fourth-order valence-corrected chi connectivity index (χ4v) is 3.55. The van der Waals surface area contributed by atoms with Crippen molar-refractivity contribution in [3.05, 3.63) is 77.4 Å². The van der Waals surface area contributed by atoms with Crippen LogP contribution in [0.15, 0.2) is 59.6 Å². The number of rotatable bonds is 7. The SMILES string of the molecule is CN=C(NCc1nc(-c2ccc(OC)cc2)n[nH]1)NCc1ccccc1-n1nc(C)cc1C. The van der Waals surface area contributed by atoms with Gasteiger partial charge in [0.1, 0.15) is 11.6 Å². The second-order valence-electron chi connectivity index (χ2n) is 7.58. The zero-order valence-corrected chi connectivity index (χ0v) is 19.3. The fraction of sp³-hybridized carbons (Fsp3) is 0.250. The molecule has 33 heavy (non-hydrogen) atoms. The minimum atomic E-state index is 0.460. The predicted molar refractivity (Wildman–Crippen MR) is 128 cm³/mol. The molecule has 2 heterocycles. The van der Waals surface area contributed by atoms with Gasteiger partial charge in [0.2, 0.25) is 0 Å². The van der Waals surface area contributed by atoms with E-state index in [0.717, 1.165) is 34.0 Å². The summed E-state index contributed by atoms with van der Waals surface area (Å²) in [6.07, 6.45) is 0. The molecular weight excluding hydrogens is 416 g/mol. The summed E-state index contributed by atoms with van der Waals surface area (Å²) in [6.45, 7) is 5.12. The van der Waals surface area contributed by atoms with E-state index in [1.165, 1.54) is 0 Å². The van der Waals surface area contributed by atoms with Gasteiger partial charge in [-0.05, 0) is 55.8 Å². The Bertz CT molecular complexity index is 1240. The number of ether oxygens (including phenoxy) is 1. The Morgan fingerprint density at radius 1 is 1.06 bits per heavy atom. The highest BCUT2D eigenvalue weighted by molar-refractivity contribution is 5.79. The van der Waals surface area contributed by atoms with E-state index in [4.69, 9.17) is 4.74 Å². The van der Waals surface area contributed by atoms with Gasteiger partial charge in [0.05, 0.1) is 25.0 Å². The van der Waals surface area contributed by atoms with Crippen LogP contribution in [-0.4, -0.2) is 45.1 Å². The Kier molecular flexibility index (Phi) is 6.68. The van der Waals surface area contributed by atoms with Crippen molar-refractivity contribution < 1.29 is 4.74 Å². The molecule has 2 aromatic heterocycles. The average molecular weight is 445 g/mol. The van der Waals surface area contributed by atoms with E-state index in [9.17, 15) is 0 Å². The molecule has 3 N–H and O–H groups in total. The van der Waals surface area contributed by atoms with Gasteiger partial charge in [-0.3, -0.25) is 10.1 Å². The molecule has 9 heteroatoms. The zero-order valence-electron chi connectivity index (χ0n) is 19.3. The molecule has 0 unspecified atom stereocenters. The van der Waals surface area contributed by atoms with Crippen LogP contribution in [0.5, 0.6) is 5.75 Å². The monoisotopic (exact) mass is 444 g/mol. The van der Waals surface area contributed by atoms with E-state index in [1.807, 2.05) is 48.0 Å². The Hall–Kier alpha value is -4.14. The first-order valence-corrected chi connectivity index (χ1v) is 10.7. The standard InChI is InChI=1S/C24H28N8O/c1-16-13-17(2)32(31-16)21-8-6-5-7-19(21)14-26-24(25-3)27-15-22-28-23(30-29-22)18-9-11-20(33-4)12-10-18/h5-13H,14-15H2,1-4H3,(H2,25,26,27)(H,28,29,30). The number of methoxy groups -OCH3 is 1. The second-order valence-corrected chi connectivity index (χ2v) is 7.58. The number of hydrogen-bond donors (Lipinski definition) is 3. The summed E-state index contributed by atoms with van der Waals surface area (Å²) in [6, 6.07) is 17.9. The average Bonchev–Trinajstić information content (AvgIpc) is 3.45. The molecule has 0 amide bonds. The van der Waals surface area contributed by atoms with Crippen LogP contribution in [0.3, 0.4) is 0 Å². The summed E-state index contributed by atoms with van der Waals surface area (Å²) in [7, 11) is 3.38. The van der Waals surface area contributed by atoms with Gasteiger partial charge >= 0.3 is 0 Å². The summed E-state index contributed by atoms with van der Waals surface area (Å²) < 4.78 is 7.17. The van der Waals surface area contributed by atoms with Gasteiger partial charge in [0.25, 0.3) is 0 Å². The number of aromatic nitrogens is 5. The first kappa shape index (κ1) is 22.1. The highest BCUT2D eigenvalue weighted by Crippen LogP contribution is 2.19. The number of benzene rings is 2. The molecule has 0 radical (unpaired) electrons. The Morgan fingerprint density at radius 3 is 2.52 bits per heavy atom. The molecule has 0 aliphatic rings. The molecule has 170 valence electrons. The van der Waals surface area contributed by atoms with Crippen LogP contribution in [0.25, 0.3) is 17.1 Å². The van der Waals surface area contributed by atoms with Gasteiger partial charge in [-0.2, -0.15) is 10.2 Å². The molecule has 0 aliphatic carbocycles. The number of H-pyrrole nitrogens is 1. The van der Waals surface area contributed by atoms with Gasteiger partial charge < -0.3 is 15.4 Å². The number of hydrogen-bond acceptors (Lipinski definition) is 5. The minimum absolute atomic E-state index is 0.460. The third kappa shape index (κ3) is 5.20. The molecule has 0 spiro atoms. The quantitative estimate of drug-likeness (QED) is 0.299. The minimum Gasteiger partial charge on any atom is -0.497 e. The van der Waals surface area contributed by atoms with E-state index < -0.39 is 0 Å². The Morgan fingerprint density at radius 2 is 1.82 bits per heavy atom. The molecular formula is C24H28N8O. The molecule has 0 saturated carbocycles. The van der Waals surface area contributed by atoms with Gasteiger partial charge in [-0.1, -0.05) is 18.2 Å². The summed E-state index contributed by atoms with van der Waals surface area (Å²) in [5.74, 6) is 2.81. The number of aromatic amines is 1. The lowest BCUT2D eigenvalue weighted by atomic mass is 10.1. The van der Waals surface area contributed by atoms with Gasteiger partial charge in [0, 0.05) is 24.8 Å². The van der Waals surface area contributed by atoms with Gasteiger partial charge in [0.15, 0.2) is 11.8 Å². The summed E-state index contributed by atoms with van der Waals surface area (Å²) in [4.78, 5) is 8.88. The van der Waals surface area contributed by atoms with E-state index in [1.54, 1.807) is 14.2 Å². The lowest BCUT2D eigenvalue weighted by Gasteiger charge is -2.14. The van der Waals surface area contributed by atoms with Crippen LogP contribution < -0.4 is 15.4 Å².